The highest BCUT2D eigenvalue weighted by molar-refractivity contribution is 6.35. The Bertz CT molecular complexity index is 1580. The predicted molar refractivity (Wildman–Crippen MR) is 139 cm³/mol. The average molecular weight is 497 g/mol. The Balaban J connectivity index is 1.28. The second-order valence-corrected chi connectivity index (χ2v) is 8.22. The van der Waals surface area contributed by atoms with Crippen molar-refractivity contribution in [3.8, 4) is 0 Å². The van der Waals surface area contributed by atoms with Gasteiger partial charge in [-0.2, -0.15) is 0 Å². The molecule has 0 aliphatic carbocycles. The molecule has 3 amide bonds. The minimum atomic E-state index is -1.06. The monoisotopic (exact) mass is 497 g/mol. The van der Waals surface area contributed by atoms with E-state index in [-0.39, 0.29) is 11.5 Å². The number of rotatable bonds is 6. The highest BCUT2D eigenvalue weighted by atomic mass is 19.1. The fraction of sp³-hybridized carbons (Fsp3) is 0. The first-order valence-electron chi connectivity index (χ1n) is 11.1. The molecule has 10 heteroatoms. The summed E-state index contributed by atoms with van der Waals surface area (Å²) in [6, 6.07) is 18.9. The first-order chi connectivity index (χ1) is 17.8. The summed E-state index contributed by atoms with van der Waals surface area (Å²) in [5.41, 5.74) is 4.56. The van der Waals surface area contributed by atoms with E-state index in [0.29, 0.717) is 45.3 Å². The first-order valence-corrected chi connectivity index (χ1v) is 11.1. The molecule has 6 N–H and O–H groups in total. The van der Waals surface area contributed by atoms with E-state index >= 15 is 0 Å². The summed E-state index contributed by atoms with van der Waals surface area (Å²) < 4.78 is 13.3. The zero-order chi connectivity index (χ0) is 25.9. The summed E-state index contributed by atoms with van der Waals surface area (Å²) in [4.78, 5) is 38.8. The molecule has 1 aliphatic rings. The van der Waals surface area contributed by atoms with Crippen LogP contribution in [0, 0.1) is 5.82 Å². The number of aromatic nitrogens is 1. The van der Waals surface area contributed by atoms with Crippen LogP contribution < -0.4 is 21.3 Å². The predicted octanol–water partition coefficient (Wildman–Crippen LogP) is 5.73. The molecule has 9 nitrogen and oxygen atoms in total. The third kappa shape index (κ3) is 5.33. The average Bonchev–Trinajstić information content (AvgIpc) is 3.44. The van der Waals surface area contributed by atoms with E-state index in [1.54, 1.807) is 48.5 Å². The second-order valence-electron chi connectivity index (χ2n) is 8.22. The lowest BCUT2D eigenvalue weighted by Crippen LogP contribution is -2.19. The quantitative estimate of drug-likeness (QED) is 0.189. The van der Waals surface area contributed by atoms with E-state index in [4.69, 9.17) is 5.11 Å². The highest BCUT2D eigenvalue weighted by Gasteiger charge is 2.24. The molecule has 0 fully saturated rings. The van der Waals surface area contributed by atoms with Gasteiger partial charge in [0.2, 0.25) is 0 Å². The van der Waals surface area contributed by atoms with E-state index in [2.05, 4.69) is 26.3 Å². The smallest absolute Gasteiger partial charge is 0.337 e. The molecule has 5 rings (SSSR count). The number of carboxylic acids is 1. The van der Waals surface area contributed by atoms with Crippen molar-refractivity contribution in [2.24, 2.45) is 0 Å². The lowest BCUT2D eigenvalue weighted by Gasteiger charge is -2.11. The lowest BCUT2D eigenvalue weighted by atomic mass is 10.1. The standard InChI is InChI=1S/C27H20FN5O4/c28-16-3-1-4-17(10-16)31-27(37)32-19-6-2-5-18(11-19)30-20-7-8-22-23(25(34)33-24(22)13-20)12-21-9-15(14-29-21)26(35)36/h1-14,29-30H,(H,33,34)(H,35,36)(H2,31,32,37). The SMILES string of the molecule is O=C(Nc1cccc(F)c1)Nc1cccc(Nc2ccc3c(c2)NC(=O)C3=Cc2cc(C(=O)O)c[nH]2)c1. The van der Waals surface area contributed by atoms with Crippen molar-refractivity contribution in [2.45, 2.75) is 0 Å². The number of urea groups is 1. The first kappa shape index (κ1) is 23.4. The van der Waals surface area contributed by atoms with Crippen LogP contribution in [0.4, 0.5) is 37.6 Å². The number of amides is 3. The molecular formula is C27H20FN5O4. The van der Waals surface area contributed by atoms with Crippen LogP contribution in [0.25, 0.3) is 11.6 Å². The number of halogens is 1. The van der Waals surface area contributed by atoms with Gasteiger partial charge >= 0.3 is 12.0 Å². The Kier molecular flexibility index (Phi) is 6.13. The van der Waals surface area contributed by atoms with Crippen LogP contribution in [-0.2, 0) is 4.79 Å². The molecule has 0 bridgehead atoms. The number of anilines is 5. The molecule has 1 aromatic heterocycles. The summed E-state index contributed by atoms with van der Waals surface area (Å²) in [5, 5.41) is 20.4. The van der Waals surface area contributed by atoms with E-state index in [0.717, 1.165) is 0 Å². The van der Waals surface area contributed by atoms with Gasteiger partial charge in [-0.25, -0.2) is 14.0 Å². The Morgan fingerprint density at radius 1 is 0.865 bits per heavy atom. The molecule has 0 saturated carbocycles. The van der Waals surface area contributed by atoms with Crippen molar-refractivity contribution in [3.63, 3.8) is 0 Å². The van der Waals surface area contributed by atoms with Gasteiger partial charge in [-0.1, -0.05) is 18.2 Å². The van der Waals surface area contributed by atoms with Crippen LogP contribution in [0.1, 0.15) is 21.6 Å². The number of benzene rings is 3. The summed E-state index contributed by atoms with van der Waals surface area (Å²) >= 11 is 0. The van der Waals surface area contributed by atoms with Gasteiger partial charge in [-0.05, 0) is 60.7 Å². The van der Waals surface area contributed by atoms with Crippen LogP contribution >= 0.6 is 0 Å². The van der Waals surface area contributed by atoms with Gasteiger partial charge in [0.15, 0.2) is 0 Å². The molecule has 0 atom stereocenters. The Morgan fingerprint density at radius 3 is 2.30 bits per heavy atom. The number of hydrogen-bond acceptors (Lipinski definition) is 4. The Labute approximate surface area is 210 Å². The fourth-order valence-electron chi connectivity index (χ4n) is 3.89. The van der Waals surface area contributed by atoms with Gasteiger partial charge in [0, 0.05) is 40.2 Å². The van der Waals surface area contributed by atoms with Gasteiger partial charge in [-0.3, -0.25) is 4.79 Å². The molecule has 37 heavy (non-hydrogen) atoms. The van der Waals surface area contributed by atoms with Crippen LogP contribution in [0.3, 0.4) is 0 Å². The highest BCUT2D eigenvalue weighted by Crippen LogP contribution is 2.36. The Hall–Kier alpha value is -5.38. The van der Waals surface area contributed by atoms with Gasteiger partial charge in [0.25, 0.3) is 5.91 Å². The number of carboxylic acid groups (broad SMARTS) is 1. The number of nitrogens with one attached hydrogen (secondary N) is 5. The van der Waals surface area contributed by atoms with Crippen molar-refractivity contribution >= 4 is 58.0 Å². The number of fused-ring (bicyclic) bond motifs is 1. The van der Waals surface area contributed by atoms with E-state index < -0.39 is 17.8 Å². The Morgan fingerprint density at radius 2 is 1.57 bits per heavy atom. The topological polar surface area (TPSA) is 135 Å². The molecule has 0 saturated heterocycles. The lowest BCUT2D eigenvalue weighted by molar-refractivity contribution is -0.110. The molecule has 2 heterocycles. The minimum absolute atomic E-state index is 0.105. The van der Waals surface area contributed by atoms with Crippen LogP contribution in [0.15, 0.2) is 79.0 Å². The maximum atomic E-state index is 13.3. The third-order valence-electron chi connectivity index (χ3n) is 5.55. The molecule has 1 aliphatic heterocycles. The van der Waals surface area contributed by atoms with E-state index in [1.807, 2.05) is 6.07 Å². The number of carbonyl (C=O) groups is 3. The molecular weight excluding hydrogens is 477 g/mol. The van der Waals surface area contributed by atoms with Crippen molar-refractivity contribution in [2.75, 3.05) is 21.3 Å². The van der Waals surface area contributed by atoms with Crippen LogP contribution in [0.2, 0.25) is 0 Å². The van der Waals surface area contributed by atoms with Gasteiger partial charge in [-0.15, -0.1) is 0 Å². The molecule has 184 valence electrons. The molecule has 0 radical (unpaired) electrons. The largest absolute Gasteiger partial charge is 0.478 e. The minimum Gasteiger partial charge on any atom is -0.478 e. The molecule has 3 aromatic carbocycles. The number of aromatic carboxylic acids is 1. The number of H-pyrrole nitrogens is 1. The van der Waals surface area contributed by atoms with Crippen molar-refractivity contribution in [3.05, 3.63) is 102 Å². The van der Waals surface area contributed by atoms with Crippen molar-refractivity contribution in [1.82, 2.24) is 4.98 Å². The van der Waals surface area contributed by atoms with Gasteiger partial charge < -0.3 is 31.4 Å². The molecule has 0 unspecified atom stereocenters. The summed E-state index contributed by atoms with van der Waals surface area (Å²) in [6.45, 7) is 0. The number of hydrogen-bond donors (Lipinski definition) is 6. The van der Waals surface area contributed by atoms with Crippen molar-refractivity contribution < 1.29 is 23.9 Å². The summed E-state index contributed by atoms with van der Waals surface area (Å²) in [5.74, 6) is -1.80. The summed E-state index contributed by atoms with van der Waals surface area (Å²) in [7, 11) is 0. The molecule has 4 aromatic rings. The fourth-order valence-corrected chi connectivity index (χ4v) is 3.89. The maximum absolute atomic E-state index is 13.3. The number of aromatic amines is 1. The van der Waals surface area contributed by atoms with Gasteiger partial charge in [0.1, 0.15) is 5.82 Å². The van der Waals surface area contributed by atoms with Crippen LogP contribution in [0.5, 0.6) is 0 Å². The van der Waals surface area contributed by atoms with Crippen molar-refractivity contribution in [1.29, 1.82) is 0 Å². The van der Waals surface area contributed by atoms with E-state index in [9.17, 15) is 18.8 Å². The second kappa shape index (κ2) is 9.70. The summed E-state index contributed by atoms with van der Waals surface area (Å²) in [6.07, 6.45) is 2.97. The number of carbonyl (C=O) groups excluding carboxylic acids is 2. The van der Waals surface area contributed by atoms with E-state index in [1.165, 1.54) is 30.5 Å². The third-order valence-corrected chi connectivity index (χ3v) is 5.55. The van der Waals surface area contributed by atoms with Gasteiger partial charge in [0.05, 0.1) is 16.8 Å². The normalized spacial score (nSPS) is 13.1. The zero-order valence-electron chi connectivity index (χ0n) is 19.1. The van der Waals surface area contributed by atoms with Crippen LogP contribution in [-0.4, -0.2) is 28.0 Å². The zero-order valence-corrected chi connectivity index (χ0v) is 19.1. The maximum Gasteiger partial charge on any atom is 0.337 e. The molecule has 0 spiro atoms.